The van der Waals surface area contributed by atoms with Crippen LogP contribution in [-0.2, 0) is 4.79 Å². The van der Waals surface area contributed by atoms with E-state index in [9.17, 15) is 4.79 Å². The van der Waals surface area contributed by atoms with E-state index in [0.717, 1.165) is 6.42 Å². The number of aromatic nitrogens is 1. The number of nitrogens with zero attached hydrogens (tertiary/aromatic N) is 1. The highest BCUT2D eigenvalue weighted by molar-refractivity contribution is 9.10. The van der Waals surface area contributed by atoms with Crippen molar-refractivity contribution in [2.75, 3.05) is 11.9 Å². The third-order valence-electron chi connectivity index (χ3n) is 2.43. The lowest BCUT2D eigenvalue weighted by atomic mass is 9.96. The summed E-state index contributed by atoms with van der Waals surface area (Å²) >= 11 is 3.29. The molecule has 1 amide bonds. The van der Waals surface area contributed by atoms with Gasteiger partial charge in [-0.15, -0.1) is 0 Å². The van der Waals surface area contributed by atoms with Gasteiger partial charge in [0, 0.05) is 12.7 Å². The highest BCUT2D eigenvalue weighted by Crippen LogP contribution is 2.20. The topological polar surface area (TPSA) is 68.0 Å². The molecule has 0 saturated carbocycles. The molecule has 1 rings (SSSR count). The number of anilines is 1. The lowest BCUT2D eigenvalue weighted by Gasteiger charge is -2.17. The van der Waals surface area contributed by atoms with Gasteiger partial charge >= 0.3 is 0 Å². The van der Waals surface area contributed by atoms with E-state index >= 15 is 0 Å². The van der Waals surface area contributed by atoms with Crippen LogP contribution in [0.1, 0.15) is 20.3 Å². The van der Waals surface area contributed by atoms with Crippen LogP contribution in [0.4, 0.5) is 5.69 Å². The first-order chi connectivity index (χ1) is 8.04. The second-order valence-corrected chi connectivity index (χ2v) is 5.14. The van der Waals surface area contributed by atoms with Gasteiger partial charge in [-0.05, 0) is 40.4 Å². The van der Waals surface area contributed by atoms with Crippen LogP contribution in [0.2, 0.25) is 0 Å². The highest BCUT2D eigenvalue weighted by atomic mass is 79.9. The summed E-state index contributed by atoms with van der Waals surface area (Å²) < 4.78 is 0.633. The molecule has 4 nitrogen and oxygen atoms in total. The Bertz CT molecular complexity index is 382. The third kappa shape index (κ3) is 4.44. The average molecular weight is 300 g/mol. The standard InChI is InChI=1S/C12H18BrN3O/c1-8(2)6-9(7-14)12(17)16-10-4-3-5-15-11(10)13/h3-5,8-9H,6-7,14H2,1-2H3,(H,16,17). The molecule has 0 aliphatic rings. The Morgan fingerprint density at radius 3 is 2.82 bits per heavy atom. The number of halogens is 1. The highest BCUT2D eigenvalue weighted by Gasteiger charge is 2.18. The molecule has 5 heteroatoms. The van der Waals surface area contributed by atoms with E-state index in [4.69, 9.17) is 5.73 Å². The Kier molecular flexibility index (Phi) is 5.58. The van der Waals surface area contributed by atoms with E-state index in [1.807, 2.05) is 0 Å². The molecule has 0 saturated heterocycles. The van der Waals surface area contributed by atoms with E-state index in [1.165, 1.54) is 0 Å². The predicted octanol–water partition coefficient (Wildman–Crippen LogP) is 2.40. The molecule has 1 aromatic heterocycles. The number of carbonyl (C=O) groups excluding carboxylic acids is 1. The Morgan fingerprint density at radius 2 is 2.29 bits per heavy atom. The van der Waals surface area contributed by atoms with Crippen LogP contribution in [0.3, 0.4) is 0 Å². The molecule has 94 valence electrons. The number of nitrogens with one attached hydrogen (secondary N) is 1. The first-order valence-corrected chi connectivity index (χ1v) is 6.45. The largest absolute Gasteiger partial charge is 0.330 e. The molecule has 0 bridgehead atoms. The molecule has 1 atom stereocenters. The fraction of sp³-hybridized carbons (Fsp3) is 0.500. The van der Waals surface area contributed by atoms with Crippen LogP contribution in [0.25, 0.3) is 0 Å². The van der Waals surface area contributed by atoms with Gasteiger partial charge in [0.1, 0.15) is 4.60 Å². The van der Waals surface area contributed by atoms with Gasteiger partial charge in [-0.3, -0.25) is 4.79 Å². The maximum absolute atomic E-state index is 12.0. The first kappa shape index (κ1) is 14.1. The van der Waals surface area contributed by atoms with Crippen molar-refractivity contribution in [3.8, 4) is 0 Å². The molecule has 1 heterocycles. The van der Waals surface area contributed by atoms with Gasteiger partial charge < -0.3 is 11.1 Å². The van der Waals surface area contributed by atoms with Gasteiger partial charge in [0.25, 0.3) is 0 Å². The second-order valence-electron chi connectivity index (χ2n) is 4.39. The van der Waals surface area contributed by atoms with Gasteiger partial charge in [-0.2, -0.15) is 0 Å². The summed E-state index contributed by atoms with van der Waals surface area (Å²) in [5, 5.41) is 2.84. The van der Waals surface area contributed by atoms with Gasteiger partial charge in [0.15, 0.2) is 0 Å². The summed E-state index contributed by atoms with van der Waals surface area (Å²) in [5.41, 5.74) is 6.31. The molecule has 0 aliphatic carbocycles. The van der Waals surface area contributed by atoms with Crippen molar-refractivity contribution < 1.29 is 4.79 Å². The Hall–Kier alpha value is -0.940. The maximum Gasteiger partial charge on any atom is 0.228 e. The van der Waals surface area contributed by atoms with Crippen LogP contribution in [0.5, 0.6) is 0 Å². The molecule has 3 N–H and O–H groups in total. The number of rotatable bonds is 5. The van der Waals surface area contributed by atoms with Gasteiger partial charge in [0.2, 0.25) is 5.91 Å². The SMILES string of the molecule is CC(C)CC(CN)C(=O)Nc1cccnc1Br. The molecule has 0 spiro atoms. The quantitative estimate of drug-likeness (QED) is 0.821. The number of nitrogens with two attached hydrogens (primary N) is 1. The zero-order chi connectivity index (χ0) is 12.8. The van der Waals surface area contributed by atoms with Crippen molar-refractivity contribution in [1.82, 2.24) is 4.98 Å². The Labute approximate surface area is 110 Å². The van der Waals surface area contributed by atoms with Crippen LogP contribution < -0.4 is 11.1 Å². The molecule has 1 aromatic rings. The molecular formula is C12H18BrN3O. The fourth-order valence-corrected chi connectivity index (χ4v) is 1.94. The van der Waals surface area contributed by atoms with Crippen LogP contribution >= 0.6 is 15.9 Å². The minimum atomic E-state index is -0.151. The Morgan fingerprint density at radius 1 is 1.59 bits per heavy atom. The summed E-state index contributed by atoms with van der Waals surface area (Å²) in [6, 6.07) is 3.58. The molecule has 0 aromatic carbocycles. The molecular weight excluding hydrogens is 282 g/mol. The van der Waals surface area contributed by atoms with Crippen molar-refractivity contribution in [1.29, 1.82) is 0 Å². The minimum absolute atomic E-state index is 0.0464. The fourth-order valence-electron chi connectivity index (χ4n) is 1.59. The van der Waals surface area contributed by atoms with E-state index in [1.54, 1.807) is 18.3 Å². The molecule has 0 aliphatic heterocycles. The summed E-state index contributed by atoms with van der Waals surface area (Å²) in [4.78, 5) is 16.0. The summed E-state index contributed by atoms with van der Waals surface area (Å²) in [6.45, 7) is 4.52. The lowest BCUT2D eigenvalue weighted by molar-refractivity contribution is -0.120. The number of carbonyl (C=O) groups is 1. The van der Waals surface area contributed by atoms with E-state index in [-0.39, 0.29) is 11.8 Å². The van der Waals surface area contributed by atoms with Gasteiger partial charge in [0.05, 0.1) is 11.6 Å². The zero-order valence-electron chi connectivity index (χ0n) is 10.1. The number of amides is 1. The van der Waals surface area contributed by atoms with E-state index in [2.05, 4.69) is 40.1 Å². The Balaban J connectivity index is 2.67. The molecule has 0 fully saturated rings. The van der Waals surface area contributed by atoms with Crippen molar-refractivity contribution in [2.24, 2.45) is 17.6 Å². The van der Waals surface area contributed by atoms with Gasteiger partial charge in [-0.1, -0.05) is 13.8 Å². The second kappa shape index (κ2) is 6.71. The van der Waals surface area contributed by atoms with Crippen LogP contribution in [-0.4, -0.2) is 17.4 Å². The van der Waals surface area contributed by atoms with Crippen molar-refractivity contribution in [3.63, 3.8) is 0 Å². The lowest BCUT2D eigenvalue weighted by Crippen LogP contribution is -2.30. The smallest absolute Gasteiger partial charge is 0.228 e. The monoisotopic (exact) mass is 299 g/mol. The maximum atomic E-state index is 12.0. The summed E-state index contributed by atoms with van der Waals surface area (Å²) in [5.74, 6) is 0.253. The predicted molar refractivity (Wildman–Crippen MR) is 72.6 cm³/mol. The van der Waals surface area contributed by atoms with E-state index in [0.29, 0.717) is 22.8 Å². The van der Waals surface area contributed by atoms with Gasteiger partial charge in [-0.25, -0.2) is 4.98 Å². The minimum Gasteiger partial charge on any atom is -0.330 e. The zero-order valence-corrected chi connectivity index (χ0v) is 11.7. The average Bonchev–Trinajstić information content (AvgIpc) is 2.28. The third-order valence-corrected chi connectivity index (χ3v) is 3.06. The molecule has 0 radical (unpaired) electrons. The summed E-state index contributed by atoms with van der Waals surface area (Å²) in [7, 11) is 0. The van der Waals surface area contributed by atoms with Crippen LogP contribution in [0.15, 0.2) is 22.9 Å². The van der Waals surface area contributed by atoms with Crippen molar-refractivity contribution in [2.45, 2.75) is 20.3 Å². The van der Waals surface area contributed by atoms with Crippen molar-refractivity contribution in [3.05, 3.63) is 22.9 Å². The molecule has 17 heavy (non-hydrogen) atoms. The van der Waals surface area contributed by atoms with E-state index < -0.39 is 0 Å². The number of hydrogen-bond donors (Lipinski definition) is 2. The van der Waals surface area contributed by atoms with Crippen molar-refractivity contribution >= 4 is 27.5 Å². The summed E-state index contributed by atoms with van der Waals surface area (Å²) in [6.07, 6.45) is 2.45. The number of pyridine rings is 1. The van der Waals surface area contributed by atoms with Crippen LogP contribution in [0, 0.1) is 11.8 Å². The number of hydrogen-bond acceptors (Lipinski definition) is 3. The normalized spacial score (nSPS) is 12.5. The molecule has 1 unspecified atom stereocenters. The first-order valence-electron chi connectivity index (χ1n) is 5.66.